The van der Waals surface area contributed by atoms with Crippen LogP contribution >= 0.6 is 38.5 Å². The van der Waals surface area contributed by atoms with E-state index in [1.807, 2.05) is 11.6 Å². The van der Waals surface area contributed by atoms with Gasteiger partial charge in [0.2, 0.25) is 0 Å². The van der Waals surface area contributed by atoms with Crippen molar-refractivity contribution in [2.45, 2.75) is 37.2 Å². The number of hydrogen-bond acceptors (Lipinski definition) is 4. The van der Waals surface area contributed by atoms with Crippen molar-refractivity contribution < 1.29 is 18.4 Å². The third-order valence-corrected chi connectivity index (χ3v) is 7.52. The number of fused-ring (bicyclic) bond motifs is 1. The molecule has 3 aromatic rings. The van der Waals surface area contributed by atoms with Gasteiger partial charge in [-0.15, -0.1) is 0 Å². The number of carbonyl (C=O) groups excluding carboxylic acids is 2. The van der Waals surface area contributed by atoms with Gasteiger partial charge in [0, 0.05) is 59.1 Å². The van der Waals surface area contributed by atoms with E-state index in [-0.39, 0.29) is 11.6 Å². The van der Waals surface area contributed by atoms with Gasteiger partial charge in [-0.1, -0.05) is 15.9 Å². The minimum Gasteiger partial charge on any atom is -0.341 e. The molecular formula is C24H26BrF2IN6O2. The molecule has 0 aliphatic carbocycles. The Morgan fingerprint density at radius 1 is 1.22 bits per heavy atom. The van der Waals surface area contributed by atoms with Gasteiger partial charge in [-0.3, -0.25) is 9.48 Å². The van der Waals surface area contributed by atoms with E-state index in [1.165, 1.54) is 0 Å². The molecule has 192 valence electrons. The minimum atomic E-state index is -3.22. The number of hydrogen-bond donors (Lipinski definition) is 2. The number of rotatable bonds is 5. The van der Waals surface area contributed by atoms with Crippen molar-refractivity contribution in [1.82, 2.24) is 25.0 Å². The topological polar surface area (TPSA) is 92.2 Å². The lowest BCUT2D eigenvalue weighted by atomic mass is 9.97. The van der Waals surface area contributed by atoms with Crippen molar-refractivity contribution in [2.75, 3.05) is 25.5 Å². The lowest BCUT2D eigenvalue weighted by molar-refractivity contribution is 0.102. The zero-order chi connectivity index (χ0) is 26.2. The molecule has 4 rings (SSSR count). The molecule has 1 aliphatic rings. The average molecular weight is 675 g/mol. The molecular weight excluding hydrogens is 649 g/mol. The third-order valence-electron chi connectivity index (χ3n) is 6.47. The number of urea groups is 1. The largest absolute Gasteiger partial charge is 0.341 e. The van der Waals surface area contributed by atoms with Gasteiger partial charge in [0.25, 0.3) is 5.91 Å². The number of piperidine rings is 1. The summed E-state index contributed by atoms with van der Waals surface area (Å²) in [5, 5.41) is 10.6. The second-order valence-corrected chi connectivity index (χ2v) is 11.2. The monoisotopic (exact) mass is 674 g/mol. The number of pyridine rings is 1. The maximum Gasteiger partial charge on any atom is 0.338 e. The maximum atomic E-state index is 14.1. The predicted molar refractivity (Wildman–Crippen MR) is 146 cm³/mol. The van der Waals surface area contributed by atoms with Crippen LogP contribution in [0.15, 0.2) is 28.7 Å². The van der Waals surface area contributed by atoms with Crippen molar-refractivity contribution in [3.05, 3.63) is 51.4 Å². The van der Waals surface area contributed by atoms with Gasteiger partial charge in [-0.05, 0) is 56.9 Å². The highest BCUT2D eigenvalue weighted by Gasteiger charge is 2.31. The first-order valence-corrected chi connectivity index (χ1v) is 13.3. The molecule has 12 heteroatoms. The van der Waals surface area contributed by atoms with Gasteiger partial charge >= 0.3 is 9.96 Å². The van der Waals surface area contributed by atoms with E-state index < -0.39 is 15.5 Å². The van der Waals surface area contributed by atoms with Crippen LogP contribution in [0.1, 0.15) is 40.3 Å². The Balaban J connectivity index is 1.57. The van der Waals surface area contributed by atoms with Gasteiger partial charge in [-0.25, -0.2) is 9.78 Å². The first kappa shape index (κ1) is 26.7. The summed E-state index contributed by atoms with van der Waals surface area (Å²) in [6.07, 6.45) is 1.72. The smallest absolute Gasteiger partial charge is 0.338 e. The molecule has 8 nitrogen and oxygen atoms in total. The normalized spacial score (nSPS) is 14.8. The fourth-order valence-electron chi connectivity index (χ4n) is 4.49. The molecule has 0 bridgehead atoms. The second-order valence-electron chi connectivity index (χ2n) is 8.88. The van der Waals surface area contributed by atoms with Crippen LogP contribution in [-0.2, 0) is 10.5 Å². The zero-order valence-electron chi connectivity index (χ0n) is 20.0. The number of anilines is 1. The van der Waals surface area contributed by atoms with Crippen molar-refractivity contribution in [2.24, 2.45) is 5.92 Å². The van der Waals surface area contributed by atoms with E-state index in [4.69, 9.17) is 0 Å². The summed E-state index contributed by atoms with van der Waals surface area (Å²) in [5.74, 6) is -0.158. The molecule has 3 heterocycles. The Bertz CT molecular complexity index is 1320. The molecule has 2 aromatic heterocycles. The van der Waals surface area contributed by atoms with E-state index in [0.29, 0.717) is 52.3 Å². The van der Waals surface area contributed by atoms with Gasteiger partial charge in [0.1, 0.15) is 5.69 Å². The SMILES string of the molecule is CNC(=O)N1CCC(Cn2nc(C)c(NC(=O)c3cc(C(F)(F)I)nc4ccc(Br)cc34)c2C)CC1. The zero-order valence-corrected chi connectivity index (χ0v) is 23.8. The third kappa shape index (κ3) is 5.63. The molecule has 1 saturated heterocycles. The quantitative estimate of drug-likeness (QED) is 0.272. The number of nitrogens with zero attached hydrogens (tertiary/aromatic N) is 4. The number of nitrogens with one attached hydrogen (secondary N) is 2. The fraction of sp³-hybridized carbons (Fsp3) is 0.417. The standard InChI is InChI=1S/C24H26BrF2IN6O2/c1-13-21(14(2)34(32-13)12-15-6-8-33(9-7-15)23(36)29-3)31-22(35)18-11-20(24(26,27)28)30-19-5-4-16(25)10-17(18)19/h4-5,10-11,15H,6-9,12H2,1-3H3,(H,29,36)(H,31,35). The van der Waals surface area contributed by atoms with Gasteiger partial charge in [-0.2, -0.15) is 13.9 Å². The molecule has 0 unspecified atom stereocenters. The first-order chi connectivity index (χ1) is 17.0. The molecule has 0 spiro atoms. The van der Waals surface area contributed by atoms with Crippen LogP contribution in [0, 0.1) is 19.8 Å². The summed E-state index contributed by atoms with van der Waals surface area (Å²) >= 11 is 4.40. The van der Waals surface area contributed by atoms with Gasteiger partial charge < -0.3 is 15.5 Å². The molecule has 0 radical (unpaired) electrons. The number of halogens is 4. The number of amides is 3. The molecule has 36 heavy (non-hydrogen) atoms. The fourth-order valence-corrected chi connectivity index (χ4v) is 5.13. The molecule has 0 atom stereocenters. The van der Waals surface area contributed by atoms with Crippen molar-refractivity contribution in [3.63, 3.8) is 0 Å². The lowest BCUT2D eigenvalue weighted by Crippen LogP contribution is -2.43. The number of likely N-dealkylation sites (tertiary alicyclic amines) is 1. The number of alkyl halides is 3. The van der Waals surface area contributed by atoms with Crippen molar-refractivity contribution >= 4 is 67.0 Å². The van der Waals surface area contributed by atoms with Crippen LogP contribution in [0.3, 0.4) is 0 Å². The lowest BCUT2D eigenvalue weighted by Gasteiger charge is -2.31. The summed E-state index contributed by atoms with van der Waals surface area (Å²) in [5.41, 5.74) is 1.93. The van der Waals surface area contributed by atoms with E-state index >= 15 is 0 Å². The molecule has 1 aromatic carbocycles. The van der Waals surface area contributed by atoms with Crippen LogP contribution in [0.2, 0.25) is 0 Å². The molecule has 3 amide bonds. The number of aryl methyl sites for hydroxylation is 1. The summed E-state index contributed by atoms with van der Waals surface area (Å²) in [6.45, 7) is 5.71. The molecule has 1 fully saturated rings. The van der Waals surface area contributed by atoms with Crippen molar-refractivity contribution in [3.8, 4) is 0 Å². The summed E-state index contributed by atoms with van der Waals surface area (Å²) in [7, 11) is 1.63. The minimum absolute atomic E-state index is 0.0660. The summed E-state index contributed by atoms with van der Waals surface area (Å²) in [4.78, 5) is 31.1. The number of benzene rings is 1. The molecule has 0 saturated carbocycles. The number of aromatic nitrogens is 3. The first-order valence-electron chi connectivity index (χ1n) is 11.5. The van der Waals surface area contributed by atoms with Crippen LogP contribution in [-0.4, -0.2) is 51.7 Å². The Hall–Kier alpha value is -2.35. The maximum absolute atomic E-state index is 14.1. The second kappa shape index (κ2) is 10.6. The average Bonchev–Trinajstić information content (AvgIpc) is 3.09. The van der Waals surface area contributed by atoms with Crippen LogP contribution < -0.4 is 10.6 Å². The van der Waals surface area contributed by atoms with Crippen LogP contribution in [0.25, 0.3) is 10.9 Å². The summed E-state index contributed by atoms with van der Waals surface area (Å²) in [6, 6.07) is 6.08. The van der Waals surface area contributed by atoms with E-state index in [2.05, 4.69) is 36.6 Å². The Labute approximate surface area is 229 Å². The van der Waals surface area contributed by atoms with Crippen LogP contribution in [0.5, 0.6) is 0 Å². The predicted octanol–water partition coefficient (Wildman–Crippen LogP) is 5.60. The highest BCUT2D eigenvalue weighted by molar-refractivity contribution is 14.1. The Kier molecular flexibility index (Phi) is 7.83. The molecule has 2 N–H and O–H groups in total. The van der Waals surface area contributed by atoms with Crippen LogP contribution in [0.4, 0.5) is 19.3 Å². The van der Waals surface area contributed by atoms with Crippen molar-refractivity contribution in [1.29, 1.82) is 0 Å². The molecule has 1 aliphatic heterocycles. The Morgan fingerprint density at radius 2 is 1.92 bits per heavy atom. The van der Waals surface area contributed by atoms with Gasteiger partial charge in [0.15, 0.2) is 0 Å². The van der Waals surface area contributed by atoms with Gasteiger partial charge in [0.05, 0.1) is 28.2 Å². The summed E-state index contributed by atoms with van der Waals surface area (Å²) < 4.78 is 27.6. The highest BCUT2D eigenvalue weighted by atomic mass is 127. The van der Waals surface area contributed by atoms with E-state index in [1.54, 1.807) is 37.1 Å². The van der Waals surface area contributed by atoms with E-state index in [9.17, 15) is 18.4 Å². The highest BCUT2D eigenvalue weighted by Crippen LogP contribution is 2.36. The van der Waals surface area contributed by atoms with E-state index in [0.717, 1.165) is 47.2 Å². The Morgan fingerprint density at radius 3 is 2.56 bits per heavy atom. The number of carbonyl (C=O) groups is 2.